The molecule has 1 aliphatic heterocycles. The summed E-state index contributed by atoms with van der Waals surface area (Å²) in [6.45, 7) is 5.09. The molecule has 0 aliphatic carbocycles. The van der Waals surface area contributed by atoms with Gasteiger partial charge in [-0.2, -0.15) is 0 Å². The average Bonchev–Trinajstić information content (AvgIpc) is 2.44. The quantitative estimate of drug-likeness (QED) is 0.330. The number of oxime groups is 1. The van der Waals surface area contributed by atoms with Gasteiger partial charge in [0.05, 0.1) is 23.9 Å². The van der Waals surface area contributed by atoms with Crippen molar-refractivity contribution in [3.8, 4) is 0 Å². The molecule has 4 N–H and O–H groups in total. The van der Waals surface area contributed by atoms with Crippen LogP contribution in [0.5, 0.6) is 0 Å². The molecule has 1 heterocycles. The van der Waals surface area contributed by atoms with Gasteiger partial charge in [-0.15, -0.1) is 0 Å². The van der Waals surface area contributed by atoms with Crippen LogP contribution in [-0.2, 0) is 4.74 Å². The number of anilines is 1. The number of ether oxygens (including phenoxy) is 1. The lowest BCUT2D eigenvalue weighted by molar-refractivity contribution is -0.101. The highest BCUT2D eigenvalue weighted by Crippen LogP contribution is 2.32. The van der Waals surface area contributed by atoms with Crippen LogP contribution in [0.25, 0.3) is 0 Å². The molecule has 1 unspecified atom stereocenters. The smallest absolute Gasteiger partial charge is 0.173 e. The lowest BCUT2D eigenvalue weighted by Crippen LogP contribution is -2.54. The summed E-state index contributed by atoms with van der Waals surface area (Å²) in [7, 11) is 0. The number of rotatable bonds is 3. The van der Waals surface area contributed by atoms with Crippen LogP contribution >= 0.6 is 15.9 Å². The lowest BCUT2D eigenvalue weighted by atomic mass is 10.0. The molecule has 0 bridgehead atoms. The maximum Gasteiger partial charge on any atom is 0.173 e. The van der Waals surface area contributed by atoms with Crippen LogP contribution in [0, 0.1) is 0 Å². The number of hydrogen-bond acceptors (Lipinski definition) is 5. The second-order valence-electron chi connectivity index (χ2n) is 5.68. The van der Waals surface area contributed by atoms with Crippen LogP contribution in [-0.4, -0.2) is 47.6 Å². The molecule has 1 atom stereocenters. The van der Waals surface area contributed by atoms with Crippen LogP contribution in [0.4, 0.5) is 5.69 Å². The molecule has 1 saturated heterocycles. The Kier molecular flexibility index (Phi) is 4.75. The molecule has 6 nitrogen and oxygen atoms in total. The first-order valence-electron chi connectivity index (χ1n) is 6.68. The standard InChI is InChI=1S/C14H20BrN3O3/c1-14(2)8-18(6-9(7-19)21-14)11-5-3-4-10(15)12(11)13(16)17-20/h3-5,9,19-20H,6-8H2,1-2H3,(H2,16,17). The molecule has 116 valence electrons. The Bertz CT molecular complexity index is 548. The molecule has 1 aromatic rings. The number of halogens is 1. The van der Waals surface area contributed by atoms with Gasteiger partial charge in [-0.25, -0.2) is 0 Å². The topological polar surface area (TPSA) is 91.3 Å². The SMILES string of the molecule is CC1(C)CN(c2cccc(Br)c2/C(N)=N/O)CC(CO)O1. The Balaban J connectivity index is 2.44. The number of benzene rings is 1. The van der Waals surface area contributed by atoms with Crippen molar-refractivity contribution in [3.63, 3.8) is 0 Å². The van der Waals surface area contributed by atoms with Crippen molar-refractivity contribution >= 4 is 27.5 Å². The van der Waals surface area contributed by atoms with E-state index in [0.717, 1.165) is 10.2 Å². The average molecular weight is 358 g/mol. The summed E-state index contributed by atoms with van der Waals surface area (Å²) in [5.41, 5.74) is 6.88. The van der Waals surface area contributed by atoms with Gasteiger partial charge in [-0.05, 0) is 41.9 Å². The maximum absolute atomic E-state index is 9.42. The summed E-state index contributed by atoms with van der Waals surface area (Å²) in [5, 5.41) is 21.5. The summed E-state index contributed by atoms with van der Waals surface area (Å²) >= 11 is 3.44. The van der Waals surface area contributed by atoms with Crippen molar-refractivity contribution in [2.24, 2.45) is 10.9 Å². The van der Waals surface area contributed by atoms with Gasteiger partial charge in [-0.1, -0.05) is 11.2 Å². The van der Waals surface area contributed by atoms with Gasteiger partial charge >= 0.3 is 0 Å². The van der Waals surface area contributed by atoms with E-state index in [1.165, 1.54) is 0 Å². The van der Waals surface area contributed by atoms with E-state index in [4.69, 9.17) is 15.7 Å². The zero-order chi connectivity index (χ0) is 15.6. The van der Waals surface area contributed by atoms with Gasteiger partial charge < -0.3 is 25.7 Å². The minimum absolute atomic E-state index is 0.0438. The van der Waals surface area contributed by atoms with Gasteiger partial charge in [0.1, 0.15) is 0 Å². The predicted molar refractivity (Wildman–Crippen MR) is 84.9 cm³/mol. The second kappa shape index (κ2) is 6.21. The number of nitrogens with two attached hydrogens (primary N) is 1. The number of aliphatic hydroxyl groups is 1. The molecule has 0 amide bonds. The Morgan fingerprint density at radius 2 is 2.29 bits per heavy atom. The first kappa shape index (κ1) is 16.1. The highest BCUT2D eigenvalue weighted by Gasteiger charge is 2.34. The van der Waals surface area contributed by atoms with Gasteiger partial charge in [0.15, 0.2) is 5.84 Å². The summed E-state index contributed by atoms with van der Waals surface area (Å²) in [5.74, 6) is 0.0438. The normalized spacial score (nSPS) is 22.4. The van der Waals surface area contributed by atoms with E-state index >= 15 is 0 Å². The summed E-state index contributed by atoms with van der Waals surface area (Å²) in [6.07, 6.45) is -0.270. The molecular formula is C14H20BrN3O3. The molecule has 1 aliphatic rings. The highest BCUT2D eigenvalue weighted by atomic mass is 79.9. The molecule has 0 spiro atoms. The van der Waals surface area contributed by atoms with E-state index in [-0.39, 0.29) is 18.5 Å². The van der Waals surface area contributed by atoms with Crippen LogP contribution in [0.2, 0.25) is 0 Å². The van der Waals surface area contributed by atoms with Gasteiger partial charge in [0, 0.05) is 23.2 Å². The van der Waals surface area contributed by atoms with Crippen molar-refractivity contribution < 1.29 is 15.1 Å². The fourth-order valence-corrected chi connectivity index (χ4v) is 3.21. The summed E-state index contributed by atoms with van der Waals surface area (Å²) < 4.78 is 6.57. The Morgan fingerprint density at radius 3 is 2.90 bits per heavy atom. The van der Waals surface area contributed by atoms with Crippen LogP contribution < -0.4 is 10.6 Å². The van der Waals surface area contributed by atoms with Crippen molar-refractivity contribution in [1.82, 2.24) is 0 Å². The zero-order valence-electron chi connectivity index (χ0n) is 12.1. The Hall–Kier alpha value is -1.31. The molecule has 7 heteroatoms. The van der Waals surface area contributed by atoms with Gasteiger partial charge in [0.25, 0.3) is 0 Å². The number of hydrogen-bond donors (Lipinski definition) is 3. The van der Waals surface area contributed by atoms with E-state index < -0.39 is 5.60 Å². The summed E-state index contributed by atoms with van der Waals surface area (Å²) in [4.78, 5) is 2.09. The molecule has 2 rings (SSSR count). The van der Waals surface area contributed by atoms with Crippen molar-refractivity contribution in [1.29, 1.82) is 0 Å². The van der Waals surface area contributed by atoms with Crippen molar-refractivity contribution in [2.45, 2.75) is 25.6 Å². The molecule has 21 heavy (non-hydrogen) atoms. The molecule has 0 saturated carbocycles. The number of nitrogens with zero attached hydrogens (tertiary/aromatic N) is 2. The molecule has 1 fully saturated rings. The first-order valence-corrected chi connectivity index (χ1v) is 7.47. The first-order chi connectivity index (χ1) is 9.88. The van der Waals surface area contributed by atoms with E-state index in [2.05, 4.69) is 26.0 Å². The lowest BCUT2D eigenvalue weighted by Gasteiger charge is -2.44. The fraction of sp³-hybridized carbons (Fsp3) is 0.500. The Labute approximate surface area is 132 Å². The van der Waals surface area contributed by atoms with Crippen molar-refractivity contribution in [2.75, 3.05) is 24.6 Å². The predicted octanol–water partition coefficient (Wildman–Crippen LogP) is 1.52. The third-order valence-corrected chi connectivity index (χ3v) is 4.04. The fourth-order valence-electron chi connectivity index (χ4n) is 2.65. The Morgan fingerprint density at radius 1 is 1.57 bits per heavy atom. The number of morpholine rings is 1. The third-order valence-electron chi connectivity index (χ3n) is 3.38. The maximum atomic E-state index is 9.42. The number of aliphatic hydroxyl groups excluding tert-OH is 1. The largest absolute Gasteiger partial charge is 0.409 e. The van der Waals surface area contributed by atoms with Crippen LogP contribution in [0.3, 0.4) is 0 Å². The van der Waals surface area contributed by atoms with E-state index in [1.54, 1.807) is 0 Å². The minimum atomic E-state index is -0.393. The highest BCUT2D eigenvalue weighted by molar-refractivity contribution is 9.10. The van der Waals surface area contributed by atoms with Crippen LogP contribution in [0.1, 0.15) is 19.4 Å². The number of amidine groups is 1. The van der Waals surface area contributed by atoms with Gasteiger partial charge in [-0.3, -0.25) is 0 Å². The third kappa shape index (κ3) is 3.48. The zero-order valence-corrected chi connectivity index (χ0v) is 13.7. The monoisotopic (exact) mass is 357 g/mol. The minimum Gasteiger partial charge on any atom is -0.409 e. The van der Waals surface area contributed by atoms with Crippen LogP contribution in [0.15, 0.2) is 27.8 Å². The van der Waals surface area contributed by atoms with Crippen molar-refractivity contribution in [3.05, 3.63) is 28.2 Å². The summed E-state index contributed by atoms with van der Waals surface area (Å²) in [6, 6.07) is 5.64. The second-order valence-corrected chi connectivity index (χ2v) is 6.54. The van der Waals surface area contributed by atoms with E-state index in [0.29, 0.717) is 18.7 Å². The van der Waals surface area contributed by atoms with E-state index in [1.807, 2.05) is 32.0 Å². The molecule has 0 aromatic heterocycles. The van der Waals surface area contributed by atoms with Gasteiger partial charge in [0.2, 0.25) is 0 Å². The van der Waals surface area contributed by atoms with E-state index in [9.17, 15) is 5.11 Å². The molecular weight excluding hydrogens is 338 g/mol. The molecule has 0 radical (unpaired) electrons. The molecule has 1 aromatic carbocycles.